The van der Waals surface area contributed by atoms with Crippen LogP contribution in [0.15, 0.2) is 22.9 Å². The Balaban J connectivity index is 1.73. The molecule has 0 saturated heterocycles. The molecule has 162 valence electrons. The van der Waals surface area contributed by atoms with Crippen LogP contribution >= 0.6 is 0 Å². The number of hydrogen-bond acceptors (Lipinski definition) is 7. The number of fused-ring (bicyclic) bond motifs is 6. The van der Waals surface area contributed by atoms with Crippen LogP contribution in [0.1, 0.15) is 30.2 Å². The number of nitrogens with one attached hydrogen (secondary N) is 1. The molecule has 1 aliphatic heterocycles. The summed E-state index contributed by atoms with van der Waals surface area (Å²) >= 11 is 0. The summed E-state index contributed by atoms with van der Waals surface area (Å²) < 4.78 is 43.2. The van der Waals surface area contributed by atoms with Crippen LogP contribution in [-0.4, -0.2) is 40.0 Å². The number of imidazole rings is 1. The summed E-state index contributed by atoms with van der Waals surface area (Å²) in [7, 11) is 1.81. The maximum absolute atomic E-state index is 12.7. The number of halogens is 2. The van der Waals surface area contributed by atoms with Gasteiger partial charge in [0.1, 0.15) is 23.7 Å². The van der Waals surface area contributed by atoms with Crippen LogP contribution in [-0.2, 0) is 17.9 Å². The van der Waals surface area contributed by atoms with Crippen LogP contribution in [0, 0.1) is 6.92 Å². The highest BCUT2D eigenvalue weighted by atomic mass is 19.3. The second-order valence-electron chi connectivity index (χ2n) is 7.58. The van der Waals surface area contributed by atoms with Gasteiger partial charge in [0, 0.05) is 10.9 Å². The van der Waals surface area contributed by atoms with E-state index in [4.69, 9.17) is 9.26 Å². The molecule has 1 N–H and O–H groups in total. The first-order valence-electron chi connectivity index (χ1n) is 9.94. The summed E-state index contributed by atoms with van der Waals surface area (Å²) in [5.41, 5.74) is 4.81. The molecule has 1 atom stereocenters. The lowest BCUT2D eigenvalue weighted by molar-refractivity contribution is -0.135. The number of alkyl halides is 2. The third-order valence-corrected chi connectivity index (χ3v) is 5.49. The molecule has 4 aromatic rings. The van der Waals surface area contributed by atoms with Gasteiger partial charge in [-0.2, -0.15) is 8.78 Å². The third kappa shape index (κ3) is 3.22. The zero-order chi connectivity index (χ0) is 21.7. The van der Waals surface area contributed by atoms with Crippen molar-refractivity contribution < 1.29 is 22.8 Å². The molecular formula is C21H21F2N5O3. The topological polar surface area (TPSA) is 87.2 Å². The summed E-state index contributed by atoms with van der Waals surface area (Å²) in [6.45, 7) is 1.51. The van der Waals surface area contributed by atoms with Crippen LogP contribution in [0.4, 0.5) is 8.78 Å². The molecule has 0 radical (unpaired) electrons. The van der Waals surface area contributed by atoms with Crippen molar-refractivity contribution in [3.63, 3.8) is 0 Å². The Morgan fingerprint density at radius 1 is 1.29 bits per heavy atom. The average molecular weight is 429 g/mol. The van der Waals surface area contributed by atoms with Crippen molar-refractivity contribution in [3.05, 3.63) is 35.6 Å². The fourth-order valence-electron chi connectivity index (χ4n) is 4.21. The van der Waals surface area contributed by atoms with Gasteiger partial charge in [-0.15, -0.1) is 0 Å². The van der Waals surface area contributed by atoms with Crippen LogP contribution in [0.2, 0.25) is 0 Å². The number of aryl methyl sites for hydroxylation is 1. The number of benzene rings is 1. The van der Waals surface area contributed by atoms with Gasteiger partial charge in [-0.05, 0) is 33.0 Å². The molecule has 1 aromatic carbocycles. The Kier molecular flexibility index (Phi) is 4.82. The molecule has 10 heteroatoms. The maximum atomic E-state index is 12.7. The van der Waals surface area contributed by atoms with E-state index in [9.17, 15) is 8.78 Å². The predicted octanol–water partition coefficient (Wildman–Crippen LogP) is 3.96. The molecule has 0 spiro atoms. The average Bonchev–Trinajstić information content (AvgIpc) is 3.31. The molecule has 0 aliphatic carbocycles. The van der Waals surface area contributed by atoms with Crippen molar-refractivity contribution in [3.8, 4) is 16.9 Å². The maximum Gasteiger partial charge on any atom is 0.345 e. The molecule has 0 amide bonds. The van der Waals surface area contributed by atoms with Gasteiger partial charge in [0.2, 0.25) is 0 Å². The number of nitrogens with zero attached hydrogens (tertiary/aromatic N) is 4. The predicted molar refractivity (Wildman–Crippen MR) is 109 cm³/mol. The van der Waals surface area contributed by atoms with Gasteiger partial charge in [-0.3, -0.25) is 4.98 Å². The first-order chi connectivity index (χ1) is 15.0. The molecule has 0 unspecified atom stereocenters. The van der Waals surface area contributed by atoms with E-state index >= 15 is 0 Å². The normalized spacial score (nSPS) is 14.1. The van der Waals surface area contributed by atoms with E-state index in [-0.39, 0.29) is 12.6 Å². The highest BCUT2D eigenvalue weighted by Gasteiger charge is 2.26. The molecule has 3 aromatic heterocycles. The minimum atomic E-state index is -2.83. The highest BCUT2D eigenvalue weighted by Crippen LogP contribution is 2.42. The van der Waals surface area contributed by atoms with Crippen molar-refractivity contribution in [2.75, 3.05) is 13.7 Å². The monoisotopic (exact) mass is 429 g/mol. The van der Waals surface area contributed by atoms with Gasteiger partial charge in [-0.25, -0.2) is 4.98 Å². The van der Waals surface area contributed by atoms with Crippen LogP contribution in [0.25, 0.3) is 33.1 Å². The van der Waals surface area contributed by atoms with Crippen LogP contribution < -0.4 is 10.1 Å². The molecule has 0 saturated carbocycles. The Labute approximate surface area is 176 Å². The molecular weight excluding hydrogens is 408 g/mol. The Hall–Kier alpha value is -3.11. The zero-order valence-electron chi connectivity index (χ0n) is 17.3. The number of rotatable bonds is 6. The minimum Gasteiger partial charge on any atom is -0.485 e. The van der Waals surface area contributed by atoms with E-state index in [2.05, 4.69) is 25.2 Å². The molecule has 8 nitrogen and oxygen atoms in total. The standard InChI is InChI=1S/C21H21F2N5O3/c1-10(8-30-21(22)23)28-18(7-24-3)26-15-6-25-14-4-13-16(5-12(14)20(15)28)29-9-17-19(13)11(2)27-31-17/h4-6,10,21,24H,7-9H2,1-3H3/t10-/m1/s1. The van der Waals surface area contributed by atoms with E-state index in [1.807, 2.05) is 37.6 Å². The number of hydrogen-bond donors (Lipinski definition) is 1. The first kappa shape index (κ1) is 19.8. The Morgan fingerprint density at radius 3 is 2.90 bits per heavy atom. The molecule has 1 aliphatic rings. The fraction of sp³-hybridized carbons (Fsp3) is 0.381. The quantitative estimate of drug-likeness (QED) is 0.496. The third-order valence-electron chi connectivity index (χ3n) is 5.49. The molecule has 0 fully saturated rings. The summed E-state index contributed by atoms with van der Waals surface area (Å²) in [5, 5.41) is 7.96. The van der Waals surface area contributed by atoms with Gasteiger partial charge in [0.25, 0.3) is 0 Å². The lowest BCUT2D eigenvalue weighted by Crippen LogP contribution is -2.19. The fourth-order valence-corrected chi connectivity index (χ4v) is 4.21. The number of ether oxygens (including phenoxy) is 2. The summed E-state index contributed by atoms with van der Waals surface area (Å²) in [6.07, 6.45) is 1.70. The van der Waals surface area contributed by atoms with E-state index < -0.39 is 6.61 Å². The second kappa shape index (κ2) is 7.54. The van der Waals surface area contributed by atoms with Crippen molar-refractivity contribution in [1.29, 1.82) is 0 Å². The van der Waals surface area contributed by atoms with Gasteiger partial charge >= 0.3 is 6.61 Å². The summed E-state index contributed by atoms with van der Waals surface area (Å²) in [5.74, 6) is 2.09. The first-order valence-corrected chi connectivity index (χ1v) is 9.94. The van der Waals surface area contributed by atoms with E-state index in [0.717, 1.165) is 33.2 Å². The number of pyridine rings is 1. The van der Waals surface area contributed by atoms with Gasteiger partial charge in [-0.1, -0.05) is 5.16 Å². The lowest BCUT2D eigenvalue weighted by Gasteiger charge is -2.20. The van der Waals surface area contributed by atoms with Crippen molar-refractivity contribution in [2.24, 2.45) is 0 Å². The molecule has 4 heterocycles. The zero-order valence-corrected chi connectivity index (χ0v) is 17.3. The van der Waals surface area contributed by atoms with Gasteiger partial charge in [0.15, 0.2) is 5.76 Å². The second-order valence-corrected chi connectivity index (χ2v) is 7.58. The molecule has 31 heavy (non-hydrogen) atoms. The molecule has 0 bridgehead atoms. The van der Waals surface area contributed by atoms with Crippen LogP contribution in [0.5, 0.6) is 5.75 Å². The van der Waals surface area contributed by atoms with Crippen molar-refractivity contribution in [2.45, 2.75) is 39.7 Å². The van der Waals surface area contributed by atoms with E-state index in [0.29, 0.717) is 36.0 Å². The Morgan fingerprint density at radius 2 is 2.13 bits per heavy atom. The van der Waals surface area contributed by atoms with Crippen molar-refractivity contribution >= 4 is 21.9 Å². The smallest absolute Gasteiger partial charge is 0.345 e. The minimum absolute atomic E-state index is 0.145. The highest BCUT2D eigenvalue weighted by molar-refractivity contribution is 6.05. The summed E-state index contributed by atoms with van der Waals surface area (Å²) in [6, 6.07) is 3.51. The van der Waals surface area contributed by atoms with Gasteiger partial charge < -0.3 is 23.9 Å². The van der Waals surface area contributed by atoms with Gasteiger partial charge in [0.05, 0.1) is 47.7 Å². The molecule has 5 rings (SSSR count). The van der Waals surface area contributed by atoms with Crippen molar-refractivity contribution in [1.82, 2.24) is 25.0 Å². The van der Waals surface area contributed by atoms with E-state index in [1.165, 1.54) is 0 Å². The largest absolute Gasteiger partial charge is 0.485 e. The Bertz CT molecular complexity index is 1280. The van der Waals surface area contributed by atoms with E-state index in [1.54, 1.807) is 6.20 Å². The van der Waals surface area contributed by atoms with Crippen LogP contribution in [0.3, 0.4) is 0 Å². The lowest BCUT2D eigenvalue weighted by atomic mass is 9.98. The summed E-state index contributed by atoms with van der Waals surface area (Å²) in [4.78, 5) is 9.28. The SMILES string of the molecule is CNCc1nc2cnc3cc4c(cc3c2n1[C@H](C)COC(F)F)OCc1onc(C)c1-4. The number of aromatic nitrogens is 4.